The van der Waals surface area contributed by atoms with E-state index in [-0.39, 0.29) is 10.6 Å². The van der Waals surface area contributed by atoms with E-state index in [2.05, 4.69) is 0 Å². The Bertz CT molecular complexity index is 389. The Hall–Kier alpha value is -0.770. The predicted molar refractivity (Wildman–Crippen MR) is 48.7 cm³/mol. The van der Waals surface area contributed by atoms with E-state index in [0.717, 1.165) is 0 Å². The Morgan fingerprint density at radius 2 is 1.73 bits per heavy atom. The second-order valence-corrected chi connectivity index (χ2v) is 4.01. The van der Waals surface area contributed by atoms with Crippen molar-refractivity contribution >= 4 is 11.6 Å². The Morgan fingerprint density at radius 3 is 2.20 bits per heavy atom. The fraction of sp³-hybridized carbons (Fsp3) is 0.400. The lowest BCUT2D eigenvalue weighted by atomic mass is 9.72. The molecule has 0 amide bonds. The lowest BCUT2D eigenvalue weighted by molar-refractivity contribution is -0.290. The first-order valence-electron chi connectivity index (χ1n) is 4.36. The first-order valence-corrected chi connectivity index (χ1v) is 4.74. The van der Waals surface area contributed by atoms with Crippen LogP contribution in [0.15, 0.2) is 24.3 Å². The summed E-state index contributed by atoms with van der Waals surface area (Å²) in [6.07, 6.45) is -0.844. The van der Waals surface area contributed by atoms with Gasteiger partial charge in [0.2, 0.25) is 0 Å². The molecule has 1 saturated carbocycles. The summed E-state index contributed by atoms with van der Waals surface area (Å²) in [7, 11) is 0. The first kappa shape index (κ1) is 10.7. The van der Waals surface area contributed by atoms with Gasteiger partial charge in [-0.2, -0.15) is 17.6 Å². The maximum absolute atomic E-state index is 13.0. The Labute approximate surface area is 88.9 Å². The maximum atomic E-state index is 13.0. The van der Waals surface area contributed by atoms with Crippen molar-refractivity contribution in [3.05, 3.63) is 34.9 Å². The predicted octanol–water partition coefficient (Wildman–Crippen LogP) is 4.10. The highest BCUT2D eigenvalue weighted by Crippen LogP contribution is 2.60. The zero-order chi connectivity index (χ0) is 11.3. The van der Waals surface area contributed by atoms with Gasteiger partial charge in [-0.1, -0.05) is 29.8 Å². The first-order chi connectivity index (χ1) is 6.86. The second kappa shape index (κ2) is 3.11. The molecule has 0 unspecified atom stereocenters. The number of rotatable bonds is 1. The molecule has 0 radical (unpaired) electrons. The van der Waals surface area contributed by atoms with E-state index in [1.165, 1.54) is 18.2 Å². The van der Waals surface area contributed by atoms with E-state index in [1.807, 2.05) is 0 Å². The second-order valence-electron chi connectivity index (χ2n) is 3.61. The molecule has 0 saturated heterocycles. The molecule has 0 nitrogen and oxygen atoms in total. The lowest BCUT2D eigenvalue weighted by Crippen LogP contribution is -2.57. The van der Waals surface area contributed by atoms with E-state index >= 15 is 0 Å². The molecule has 82 valence electrons. The lowest BCUT2D eigenvalue weighted by Gasteiger charge is -2.44. The van der Waals surface area contributed by atoms with Crippen molar-refractivity contribution in [1.29, 1.82) is 0 Å². The molecule has 1 aromatic rings. The highest BCUT2D eigenvalue weighted by molar-refractivity contribution is 6.31. The number of benzene rings is 1. The summed E-state index contributed by atoms with van der Waals surface area (Å²) in [6, 6.07) is 5.86. The van der Waals surface area contributed by atoms with Crippen molar-refractivity contribution in [3.8, 4) is 0 Å². The Kier molecular flexibility index (Phi) is 2.23. The van der Waals surface area contributed by atoms with Gasteiger partial charge in [-0.15, -0.1) is 0 Å². The van der Waals surface area contributed by atoms with Crippen molar-refractivity contribution in [1.82, 2.24) is 0 Å². The molecule has 1 aliphatic carbocycles. The van der Waals surface area contributed by atoms with Gasteiger partial charge in [0, 0.05) is 11.4 Å². The van der Waals surface area contributed by atoms with Gasteiger partial charge < -0.3 is 0 Å². The largest absolute Gasteiger partial charge is 0.317 e. The van der Waals surface area contributed by atoms with E-state index in [9.17, 15) is 17.6 Å². The molecular formula is C10H7ClF4. The van der Waals surface area contributed by atoms with E-state index in [0.29, 0.717) is 0 Å². The van der Waals surface area contributed by atoms with Crippen molar-refractivity contribution in [2.24, 2.45) is 0 Å². The third kappa shape index (κ3) is 1.42. The third-order valence-corrected chi connectivity index (χ3v) is 3.01. The molecule has 1 aliphatic rings. The van der Waals surface area contributed by atoms with Gasteiger partial charge >= 0.3 is 11.8 Å². The summed E-state index contributed by atoms with van der Waals surface area (Å²) in [4.78, 5) is 0. The fourth-order valence-corrected chi connectivity index (χ4v) is 1.97. The molecule has 2 rings (SSSR count). The molecule has 0 bridgehead atoms. The number of hydrogen-bond acceptors (Lipinski definition) is 0. The number of halogens is 5. The van der Waals surface area contributed by atoms with Gasteiger partial charge in [-0.3, -0.25) is 0 Å². The fourth-order valence-electron chi connectivity index (χ4n) is 1.71. The van der Waals surface area contributed by atoms with Gasteiger partial charge in [0.1, 0.15) is 0 Å². The van der Waals surface area contributed by atoms with Crippen LogP contribution in [0.2, 0.25) is 5.02 Å². The van der Waals surface area contributed by atoms with E-state index < -0.39 is 24.2 Å². The zero-order valence-corrected chi connectivity index (χ0v) is 8.24. The molecule has 0 heterocycles. The van der Waals surface area contributed by atoms with Crippen molar-refractivity contribution in [2.45, 2.75) is 24.2 Å². The maximum Gasteiger partial charge on any atom is 0.317 e. The summed E-state index contributed by atoms with van der Waals surface area (Å²) in [5, 5.41) is 0.109. The van der Waals surface area contributed by atoms with Crippen LogP contribution < -0.4 is 0 Å². The SMILES string of the molecule is FC1(F)C[C@@H](c2ccccc2Cl)C1(F)F. The number of hydrogen-bond donors (Lipinski definition) is 0. The molecule has 1 aromatic carbocycles. The molecule has 15 heavy (non-hydrogen) atoms. The molecule has 0 spiro atoms. The van der Waals surface area contributed by atoms with Crippen LogP contribution in [0.3, 0.4) is 0 Å². The molecule has 5 heteroatoms. The number of alkyl halides is 4. The quantitative estimate of drug-likeness (QED) is 0.646. The minimum atomic E-state index is -3.99. The monoisotopic (exact) mass is 238 g/mol. The zero-order valence-electron chi connectivity index (χ0n) is 7.48. The average Bonchev–Trinajstić information content (AvgIpc) is 2.16. The average molecular weight is 239 g/mol. The van der Waals surface area contributed by atoms with Crippen molar-refractivity contribution < 1.29 is 17.6 Å². The molecule has 0 N–H and O–H groups in total. The molecule has 1 atom stereocenters. The third-order valence-electron chi connectivity index (χ3n) is 2.67. The minimum absolute atomic E-state index is 0.0927. The van der Waals surface area contributed by atoms with Crippen LogP contribution in [-0.2, 0) is 0 Å². The smallest absolute Gasteiger partial charge is 0.200 e. The minimum Gasteiger partial charge on any atom is -0.200 e. The summed E-state index contributed by atoms with van der Waals surface area (Å²) in [6.45, 7) is 0. The van der Waals surface area contributed by atoms with Crippen LogP contribution in [0.5, 0.6) is 0 Å². The normalized spacial score (nSPS) is 27.1. The van der Waals surface area contributed by atoms with Crippen LogP contribution in [0.4, 0.5) is 17.6 Å². The standard InChI is InChI=1S/C10H7ClF4/c11-8-4-2-1-3-6(8)7-5-9(12,13)10(7,14)15/h1-4,7H,5H2/t7-/m0/s1. The van der Waals surface area contributed by atoms with Crippen molar-refractivity contribution in [2.75, 3.05) is 0 Å². The highest BCUT2D eigenvalue weighted by Gasteiger charge is 2.72. The van der Waals surface area contributed by atoms with Crippen LogP contribution in [0, 0.1) is 0 Å². The van der Waals surface area contributed by atoms with Crippen LogP contribution >= 0.6 is 11.6 Å². The van der Waals surface area contributed by atoms with Gasteiger partial charge in [-0.05, 0) is 11.6 Å². The van der Waals surface area contributed by atoms with Crippen LogP contribution in [0.1, 0.15) is 17.9 Å². The van der Waals surface area contributed by atoms with E-state index in [1.54, 1.807) is 6.07 Å². The van der Waals surface area contributed by atoms with Crippen molar-refractivity contribution in [3.63, 3.8) is 0 Å². The summed E-state index contributed by atoms with van der Waals surface area (Å²) >= 11 is 5.67. The summed E-state index contributed by atoms with van der Waals surface area (Å²) in [5.74, 6) is -9.37. The van der Waals surface area contributed by atoms with Gasteiger partial charge in [0.15, 0.2) is 0 Å². The molecule has 0 aromatic heterocycles. The molecular weight excluding hydrogens is 232 g/mol. The van der Waals surface area contributed by atoms with Gasteiger partial charge in [0.05, 0.1) is 5.92 Å². The topological polar surface area (TPSA) is 0 Å². The summed E-state index contributed by atoms with van der Waals surface area (Å²) < 4.78 is 51.3. The van der Waals surface area contributed by atoms with E-state index in [4.69, 9.17) is 11.6 Å². The summed E-state index contributed by atoms with van der Waals surface area (Å²) in [5.41, 5.74) is 0.0927. The highest BCUT2D eigenvalue weighted by atomic mass is 35.5. The van der Waals surface area contributed by atoms with Gasteiger partial charge in [-0.25, -0.2) is 0 Å². The molecule has 0 aliphatic heterocycles. The molecule has 1 fully saturated rings. The van der Waals surface area contributed by atoms with Crippen LogP contribution in [-0.4, -0.2) is 11.8 Å². The Balaban J connectivity index is 2.33. The van der Waals surface area contributed by atoms with Gasteiger partial charge in [0.25, 0.3) is 0 Å². The Morgan fingerprint density at radius 1 is 1.13 bits per heavy atom. The van der Waals surface area contributed by atoms with Crippen LogP contribution in [0.25, 0.3) is 0 Å².